The lowest BCUT2D eigenvalue weighted by molar-refractivity contribution is 0.306. The fourth-order valence-electron chi connectivity index (χ4n) is 3.55. The van der Waals surface area contributed by atoms with Gasteiger partial charge in [0.1, 0.15) is 11.1 Å². The Hall–Kier alpha value is -1.44. The van der Waals surface area contributed by atoms with Crippen molar-refractivity contribution in [1.29, 1.82) is 0 Å². The van der Waals surface area contributed by atoms with Gasteiger partial charge in [0.2, 0.25) is 0 Å². The van der Waals surface area contributed by atoms with Crippen LogP contribution >= 0.6 is 39.3 Å². The summed E-state index contributed by atoms with van der Waals surface area (Å²) in [4.78, 5) is 11.8. The molecule has 1 aromatic heterocycles. The quantitative estimate of drug-likeness (QED) is 0.669. The van der Waals surface area contributed by atoms with Crippen LogP contribution in [0.1, 0.15) is 37.2 Å². The highest BCUT2D eigenvalue weighted by molar-refractivity contribution is 9.10. The lowest BCUT2D eigenvalue weighted by Gasteiger charge is -2.29. The van der Waals surface area contributed by atoms with E-state index < -0.39 is 0 Å². The third-order valence-electron chi connectivity index (χ3n) is 4.67. The molecule has 27 heavy (non-hydrogen) atoms. The van der Waals surface area contributed by atoms with Gasteiger partial charge in [0, 0.05) is 22.5 Å². The van der Waals surface area contributed by atoms with Gasteiger partial charge < -0.3 is 14.7 Å². The standard InChI is InChI=1S/C19H19BrClN3O2S/c1-3-26-13-8-11(14(20)15(21)18(13)25)17-16(12-6-4-5-7-22-12)23-19-24(17)9-10(2)27-19/h4-8,10,16-17,25H,3,9H2,1-2H3/t10-,16+,17-/m0/s1. The first kappa shape index (κ1) is 18.9. The molecule has 0 bridgehead atoms. The number of halogens is 2. The highest BCUT2D eigenvalue weighted by atomic mass is 79.9. The molecule has 0 radical (unpaired) electrons. The molecule has 0 saturated carbocycles. The van der Waals surface area contributed by atoms with Crippen LogP contribution in [0.25, 0.3) is 0 Å². The van der Waals surface area contributed by atoms with E-state index in [-0.39, 0.29) is 22.9 Å². The zero-order chi connectivity index (χ0) is 19.1. The minimum absolute atomic E-state index is 0.0492. The van der Waals surface area contributed by atoms with Gasteiger partial charge in [-0.1, -0.05) is 36.4 Å². The van der Waals surface area contributed by atoms with Crippen LogP contribution in [0.4, 0.5) is 0 Å². The maximum absolute atomic E-state index is 10.3. The summed E-state index contributed by atoms with van der Waals surface area (Å²) in [5.41, 5.74) is 1.84. The first-order valence-electron chi connectivity index (χ1n) is 8.77. The van der Waals surface area contributed by atoms with Crippen molar-refractivity contribution < 1.29 is 9.84 Å². The lowest BCUT2D eigenvalue weighted by atomic mass is 9.96. The molecule has 1 N–H and O–H groups in total. The van der Waals surface area contributed by atoms with E-state index in [1.807, 2.05) is 31.2 Å². The van der Waals surface area contributed by atoms with Crippen molar-refractivity contribution in [3.05, 3.63) is 51.2 Å². The molecule has 0 unspecified atom stereocenters. The monoisotopic (exact) mass is 467 g/mol. The number of aromatic hydroxyl groups is 1. The Balaban J connectivity index is 1.85. The Labute approximate surface area is 175 Å². The van der Waals surface area contributed by atoms with Crippen molar-refractivity contribution in [2.45, 2.75) is 31.2 Å². The number of aliphatic imine (C=N–C) groups is 1. The van der Waals surface area contributed by atoms with Gasteiger partial charge in [-0.3, -0.25) is 9.98 Å². The number of nitrogens with zero attached hydrogens (tertiary/aromatic N) is 3. The maximum atomic E-state index is 10.3. The van der Waals surface area contributed by atoms with Gasteiger partial charge in [0.15, 0.2) is 16.7 Å². The average Bonchev–Trinajstić information content (AvgIpc) is 3.19. The molecule has 0 aliphatic carbocycles. The fraction of sp³-hybridized carbons (Fsp3) is 0.368. The molecule has 0 amide bonds. The third-order valence-corrected chi connectivity index (χ3v) is 7.23. The molecular formula is C19H19BrClN3O2S. The Morgan fingerprint density at radius 3 is 2.96 bits per heavy atom. The van der Waals surface area contributed by atoms with Crippen LogP contribution in [0, 0.1) is 0 Å². The molecule has 1 aromatic carbocycles. The van der Waals surface area contributed by atoms with Crippen molar-refractivity contribution in [3.8, 4) is 11.5 Å². The number of fused-ring (bicyclic) bond motifs is 1. The number of phenols is 1. The molecule has 142 valence electrons. The SMILES string of the molecule is CCOc1cc([C@H]2[C@@H](c3ccccn3)N=C3S[C@@H](C)CN32)c(Br)c(Cl)c1O. The Kier molecular flexibility index (Phi) is 5.27. The highest BCUT2D eigenvalue weighted by Gasteiger charge is 2.44. The molecule has 2 aliphatic rings. The number of hydrogen-bond acceptors (Lipinski definition) is 6. The summed E-state index contributed by atoms with van der Waals surface area (Å²) in [7, 11) is 0. The van der Waals surface area contributed by atoms with E-state index in [9.17, 15) is 5.11 Å². The number of aromatic nitrogens is 1. The van der Waals surface area contributed by atoms with Gasteiger partial charge in [0.25, 0.3) is 0 Å². The molecule has 4 rings (SSSR count). The first-order valence-corrected chi connectivity index (χ1v) is 10.8. The van der Waals surface area contributed by atoms with Gasteiger partial charge in [-0.15, -0.1) is 0 Å². The predicted molar refractivity (Wildman–Crippen MR) is 113 cm³/mol. The van der Waals surface area contributed by atoms with Crippen molar-refractivity contribution in [2.75, 3.05) is 13.2 Å². The zero-order valence-electron chi connectivity index (χ0n) is 14.9. The fourth-order valence-corrected chi connectivity index (χ4v) is 5.38. The van der Waals surface area contributed by atoms with E-state index in [0.29, 0.717) is 22.1 Å². The normalized spacial score (nSPS) is 24.1. The number of rotatable bonds is 4. The topological polar surface area (TPSA) is 58.0 Å². The smallest absolute Gasteiger partial charge is 0.177 e. The Bertz CT molecular complexity index is 896. The molecule has 8 heteroatoms. The molecule has 2 aromatic rings. The van der Waals surface area contributed by atoms with Crippen LogP contribution < -0.4 is 4.74 Å². The number of benzene rings is 1. The van der Waals surface area contributed by atoms with Gasteiger partial charge in [-0.2, -0.15) is 0 Å². The van der Waals surface area contributed by atoms with Gasteiger partial charge in [0.05, 0.1) is 18.3 Å². The third kappa shape index (κ3) is 3.30. The molecule has 3 atom stereocenters. The second kappa shape index (κ2) is 7.53. The van der Waals surface area contributed by atoms with E-state index in [4.69, 9.17) is 21.3 Å². The number of hydrogen-bond donors (Lipinski definition) is 1. The number of ether oxygens (including phenoxy) is 1. The van der Waals surface area contributed by atoms with E-state index in [1.54, 1.807) is 18.0 Å². The van der Waals surface area contributed by atoms with Gasteiger partial charge >= 0.3 is 0 Å². The van der Waals surface area contributed by atoms with Crippen molar-refractivity contribution in [3.63, 3.8) is 0 Å². The highest BCUT2D eigenvalue weighted by Crippen LogP contribution is 2.52. The van der Waals surface area contributed by atoms with Crippen LogP contribution in [0.5, 0.6) is 11.5 Å². The Morgan fingerprint density at radius 1 is 1.44 bits per heavy atom. The summed E-state index contributed by atoms with van der Waals surface area (Å²) in [6.07, 6.45) is 1.79. The molecule has 3 heterocycles. The van der Waals surface area contributed by atoms with Crippen LogP contribution in [0.15, 0.2) is 39.9 Å². The summed E-state index contributed by atoms with van der Waals surface area (Å²) >= 11 is 11.8. The van der Waals surface area contributed by atoms with Gasteiger partial charge in [-0.05, 0) is 46.6 Å². The number of amidine groups is 1. The van der Waals surface area contributed by atoms with Crippen molar-refractivity contribution in [1.82, 2.24) is 9.88 Å². The van der Waals surface area contributed by atoms with E-state index in [1.165, 1.54) is 0 Å². The molecular weight excluding hydrogens is 450 g/mol. The van der Waals surface area contributed by atoms with E-state index in [2.05, 4.69) is 32.7 Å². The molecule has 5 nitrogen and oxygen atoms in total. The van der Waals surface area contributed by atoms with Crippen molar-refractivity contribution in [2.24, 2.45) is 4.99 Å². The van der Waals surface area contributed by atoms with Gasteiger partial charge in [-0.25, -0.2) is 0 Å². The van der Waals surface area contributed by atoms with Crippen molar-refractivity contribution >= 4 is 44.5 Å². The van der Waals surface area contributed by atoms with Crippen LogP contribution in [-0.2, 0) is 0 Å². The second-order valence-corrected chi connectivity index (χ2v) is 9.09. The van der Waals surface area contributed by atoms with E-state index >= 15 is 0 Å². The Morgan fingerprint density at radius 2 is 2.26 bits per heavy atom. The summed E-state index contributed by atoms with van der Waals surface area (Å²) in [5.74, 6) is 0.334. The van der Waals surface area contributed by atoms with E-state index in [0.717, 1.165) is 23.0 Å². The molecule has 2 aliphatic heterocycles. The maximum Gasteiger partial charge on any atom is 0.177 e. The van der Waals surface area contributed by atoms with Crippen LogP contribution in [0.3, 0.4) is 0 Å². The number of phenolic OH excluding ortho intramolecular Hbond substituents is 1. The van der Waals surface area contributed by atoms with Crippen LogP contribution in [-0.4, -0.2) is 38.6 Å². The lowest BCUT2D eigenvalue weighted by Crippen LogP contribution is -2.29. The average molecular weight is 469 g/mol. The first-order chi connectivity index (χ1) is 13.0. The second-order valence-electron chi connectivity index (χ2n) is 6.51. The summed E-state index contributed by atoms with van der Waals surface area (Å²) < 4.78 is 6.28. The predicted octanol–water partition coefficient (Wildman–Crippen LogP) is 5.19. The molecule has 0 spiro atoms. The number of thioether (sulfide) groups is 1. The summed E-state index contributed by atoms with van der Waals surface area (Å²) in [5, 5.41) is 12.1. The summed E-state index contributed by atoms with van der Waals surface area (Å²) in [6.45, 7) is 5.41. The number of pyridine rings is 1. The minimum Gasteiger partial charge on any atom is -0.503 e. The largest absolute Gasteiger partial charge is 0.503 e. The molecule has 1 saturated heterocycles. The van der Waals surface area contributed by atoms with Crippen LogP contribution in [0.2, 0.25) is 5.02 Å². The molecule has 1 fully saturated rings. The minimum atomic E-state index is -0.146. The summed E-state index contributed by atoms with van der Waals surface area (Å²) in [6, 6.07) is 7.52. The zero-order valence-corrected chi connectivity index (χ0v) is 18.1.